The van der Waals surface area contributed by atoms with E-state index in [9.17, 15) is 9.59 Å². The molecule has 6 nitrogen and oxygen atoms in total. The van der Waals surface area contributed by atoms with Crippen LogP contribution in [0.4, 0.5) is 4.79 Å². The van der Waals surface area contributed by atoms with Crippen LogP contribution in [0.5, 0.6) is 0 Å². The minimum absolute atomic E-state index is 0.00331. The van der Waals surface area contributed by atoms with Gasteiger partial charge in [-0.3, -0.25) is 9.69 Å². The van der Waals surface area contributed by atoms with Crippen molar-refractivity contribution in [3.05, 3.63) is 0 Å². The van der Waals surface area contributed by atoms with Gasteiger partial charge in [0.15, 0.2) is 0 Å². The van der Waals surface area contributed by atoms with Crippen molar-refractivity contribution >= 4 is 23.8 Å². The summed E-state index contributed by atoms with van der Waals surface area (Å²) in [7, 11) is 0. The lowest BCUT2D eigenvalue weighted by molar-refractivity contribution is -0.143. The molecule has 0 aromatic heterocycles. The van der Waals surface area contributed by atoms with Gasteiger partial charge >= 0.3 is 12.0 Å². The molecule has 1 saturated heterocycles. The van der Waals surface area contributed by atoms with Gasteiger partial charge < -0.3 is 15.3 Å². The van der Waals surface area contributed by atoms with Crippen molar-refractivity contribution in [2.45, 2.75) is 43.5 Å². The van der Waals surface area contributed by atoms with Crippen LogP contribution in [0.3, 0.4) is 0 Å². The molecule has 0 aromatic carbocycles. The zero-order valence-electron chi connectivity index (χ0n) is 12.7. The van der Waals surface area contributed by atoms with Crippen molar-refractivity contribution in [3.8, 4) is 0 Å². The summed E-state index contributed by atoms with van der Waals surface area (Å²) in [6, 6.07) is -0.196. The first-order chi connectivity index (χ1) is 10.0. The summed E-state index contributed by atoms with van der Waals surface area (Å²) in [6.45, 7) is 4.13. The van der Waals surface area contributed by atoms with Gasteiger partial charge in [-0.1, -0.05) is 6.42 Å². The van der Waals surface area contributed by atoms with Crippen molar-refractivity contribution < 1.29 is 14.7 Å². The maximum atomic E-state index is 12.3. The lowest BCUT2D eigenvalue weighted by Crippen LogP contribution is -2.56. The van der Waals surface area contributed by atoms with Gasteiger partial charge in [0.25, 0.3) is 0 Å². The molecule has 2 fully saturated rings. The number of hydrogen-bond donors (Lipinski definition) is 2. The number of carboxylic acids is 1. The summed E-state index contributed by atoms with van der Waals surface area (Å²) in [5, 5.41) is 12.7. The van der Waals surface area contributed by atoms with Crippen LogP contribution in [0.15, 0.2) is 0 Å². The highest BCUT2D eigenvalue weighted by molar-refractivity contribution is 7.99. The molecule has 2 amide bonds. The van der Waals surface area contributed by atoms with E-state index in [2.05, 4.69) is 11.6 Å². The Kier molecular flexibility index (Phi) is 5.75. The Morgan fingerprint density at radius 1 is 1.24 bits per heavy atom. The van der Waals surface area contributed by atoms with Crippen LogP contribution in [-0.2, 0) is 4.79 Å². The summed E-state index contributed by atoms with van der Waals surface area (Å²) in [4.78, 5) is 27.0. The Balaban J connectivity index is 1.79. The van der Waals surface area contributed by atoms with Crippen LogP contribution >= 0.6 is 11.8 Å². The maximum absolute atomic E-state index is 12.3. The molecule has 0 spiro atoms. The summed E-state index contributed by atoms with van der Waals surface area (Å²) >= 11 is 1.83. The van der Waals surface area contributed by atoms with Crippen LogP contribution < -0.4 is 5.32 Å². The normalized spacial score (nSPS) is 28.4. The predicted molar refractivity (Wildman–Crippen MR) is 83.7 cm³/mol. The van der Waals surface area contributed by atoms with Gasteiger partial charge in [-0.2, -0.15) is 11.8 Å². The van der Waals surface area contributed by atoms with Crippen LogP contribution in [0.25, 0.3) is 0 Å². The lowest BCUT2D eigenvalue weighted by atomic mass is 10.2. The number of piperazine rings is 1. The lowest BCUT2D eigenvalue weighted by Gasteiger charge is -2.37. The molecule has 0 bridgehead atoms. The van der Waals surface area contributed by atoms with Gasteiger partial charge in [-0.15, -0.1) is 0 Å². The molecule has 7 heteroatoms. The average molecular weight is 315 g/mol. The number of thioether (sulfide) groups is 1. The third-order valence-corrected chi connectivity index (χ3v) is 5.74. The first-order valence-corrected chi connectivity index (χ1v) is 8.86. The van der Waals surface area contributed by atoms with Crippen molar-refractivity contribution in [3.63, 3.8) is 0 Å². The second-order valence-electron chi connectivity index (χ2n) is 5.80. The maximum Gasteiger partial charge on any atom is 0.320 e. The smallest absolute Gasteiger partial charge is 0.320 e. The number of nitrogens with one attached hydrogen (secondary N) is 1. The van der Waals surface area contributed by atoms with Crippen LogP contribution in [-0.4, -0.2) is 76.7 Å². The third-order valence-electron chi connectivity index (χ3n) is 4.57. The van der Waals surface area contributed by atoms with Gasteiger partial charge in [-0.05, 0) is 26.0 Å². The Bertz CT molecular complexity index is 386. The highest BCUT2D eigenvalue weighted by Crippen LogP contribution is 2.28. The first-order valence-electron chi connectivity index (χ1n) is 7.58. The summed E-state index contributed by atoms with van der Waals surface area (Å²) in [5.74, 6) is -0.804. The number of carboxylic acid groups (broad SMARTS) is 1. The molecular weight excluding hydrogens is 290 g/mol. The van der Waals surface area contributed by atoms with Gasteiger partial charge in [0, 0.05) is 37.5 Å². The first kappa shape index (κ1) is 16.4. The number of nitrogens with zero attached hydrogens (tertiary/aromatic N) is 2. The fourth-order valence-corrected chi connectivity index (χ4v) is 4.03. The van der Waals surface area contributed by atoms with E-state index in [0.717, 1.165) is 6.42 Å². The number of amides is 2. The molecule has 1 heterocycles. The van der Waals surface area contributed by atoms with E-state index in [-0.39, 0.29) is 12.1 Å². The molecule has 0 radical (unpaired) electrons. The molecule has 3 unspecified atom stereocenters. The molecular formula is C14H25N3O3S. The molecule has 1 aliphatic heterocycles. The number of rotatable bonds is 4. The van der Waals surface area contributed by atoms with Gasteiger partial charge in [-0.25, -0.2) is 4.79 Å². The quantitative estimate of drug-likeness (QED) is 0.812. The molecule has 2 rings (SSSR count). The number of carbonyl (C=O) groups excluding carboxylic acids is 1. The molecule has 21 heavy (non-hydrogen) atoms. The van der Waals surface area contributed by atoms with E-state index in [0.29, 0.717) is 31.4 Å². The second-order valence-corrected chi connectivity index (χ2v) is 6.88. The summed E-state index contributed by atoms with van der Waals surface area (Å²) in [5.41, 5.74) is 0. The van der Waals surface area contributed by atoms with Crippen LogP contribution in [0.2, 0.25) is 0 Å². The van der Waals surface area contributed by atoms with Gasteiger partial charge in [0.1, 0.15) is 6.04 Å². The SMILES string of the molecule is CSC1CCCC1NC(=O)N1CCN(C(C)C(=O)O)CC1. The van der Waals surface area contributed by atoms with Crippen molar-refractivity contribution in [2.75, 3.05) is 32.4 Å². The molecule has 2 aliphatic rings. The van der Waals surface area contributed by atoms with Crippen molar-refractivity contribution in [1.82, 2.24) is 15.1 Å². The van der Waals surface area contributed by atoms with Gasteiger partial charge in [0.2, 0.25) is 0 Å². The largest absolute Gasteiger partial charge is 0.480 e. The Labute approximate surface area is 130 Å². The minimum Gasteiger partial charge on any atom is -0.480 e. The number of aliphatic carboxylic acids is 1. The Morgan fingerprint density at radius 2 is 1.90 bits per heavy atom. The minimum atomic E-state index is -0.804. The molecule has 3 atom stereocenters. The number of urea groups is 1. The van der Waals surface area contributed by atoms with Gasteiger partial charge in [0.05, 0.1) is 0 Å². The summed E-state index contributed by atoms with van der Waals surface area (Å²) < 4.78 is 0. The fourth-order valence-electron chi connectivity index (χ4n) is 3.09. The van der Waals surface area contributed by atoms with Crippen molar-refractivity contribution in [1.29, 1.82) is 0 Å². The van der Waals surface area contributed by atoms with E-state index in [1.807, 2.05) is 16.7 Å². The number of carbonyl (C=O) groups is 2. The average Bonchev–Trinajstić information content (AvgIpc) is 2.93. The molecule has 0 aromatic rings. The van der Waals surface area contributed by atoms with E-state index >= 15 is 0 Å². The Hall–Kier alpha value is -0.950. The molecule has 1 saturated carbocycles. The fraction of sp³-hybridized carbons (Fsp3) is 0.857. The summed E-state index contributed by atoms with van der Waals surface area (Å²) in [6.07, 6.45) is 5.52. The van der Waals surface area contributed by atoms with E-state index in [1.54, 1.807) is 11.8 Å². The monoisotopic (exact) mass is 315 g/mol. The standard InChI is InChI=1S/C14H25N3O3S/c1-10(13(18)19)16-6-8-17(9-7-16)14(20)15-11-4-3-5-12(11)21-2/h10-12H,3-9H2,1-2H3,(H,15,20)(H,18,19). The highest BCUT2D eigenvalue weighted by Gasteiger charge is 2.31. The molecule has 2 N–H and O–H groups in total. The Morgan fingerprint density at radius 3 is 2.48 bits per heavy atom. The number of hydrogen-bond acceptors (Lipinski definition) is 4. The third kappa shape index (κ3) is 4.03. The van der Waals surface area contributed by atoms with E-state index < -0.39 is 12.0 Å². The zero-order chi connectivity index (χ0) is 15.4. The van der Waals surface area contributed by atoms with Crippen LogP contribution in [0.1, 0.15) is 26.2 Å². The van der Waals surface area contributed by atoms with E-state index in [1.165, 1.54) is 12.8 Å². The van der Waals surface area contributed by atoms with Crippen molar-refractivity contribution in [2.24, 2.45) is 0 Å². The van der Waals surface area contributed by atoms with E-state index in [4.69, 9.17) is 5.11 Å². The predicted octanol–water partition coefficient (Wildman–Crippen LogP) is 1.07. The molecule has 120 valence electrons. The highest BCUT2D eigenvalue weighted by atomic mass is 32.2. The second kappa shape index (κ2) is 7.35. The zero-order valence-corrected chi connectivity index (χ0v) is 13.6. The van der Waals surface area contributed by atoms with Crippen LogP contribution in [0, 0.1) is 0 Å². The topological polar surface area (TPSA) is 72.9 Å². The molecule has 1 aliphatic carbocycles.